The van der Waals surface area contributed by atoms with Crippen molar-refractivity contribution in [3.05, 3.63) is 70.3 Å². The van der Waals surface area contributed by atoms with Crippen LogP contribution in [0.4, 0.5) is 5.69 Å². The average Bonchev–Trinajstić information content (AvgIpc) is 3.16. The van der Waals surface area contributed by atoms with E-state index >= 15 is 0 Å². The third-order valence-electron chi connectivity index (χ3n) is 4.79. The first-order valence-electron chi connectivity index (χ1n) is 9.16. The number of anilines is 1. The van der Waals surface area contributed by atoms with E-state index in [9.17, 15) is 9.59 Å². The number of hydrogen-bond donors (Lipinski definition) is 1. The summed E-state index contributed by atoms with van der Waals surface area (Å²) in [6.45, 7) is 1.88. The Hall–Kier alpha value is -3.15. The zero-order chi connectivity index (χ0) is 18.8. The van der Waals surface area contributed by atoms with Crippen molar-refractivity contribution in [2.45, 2.75) is 38.7 Å². The average molecular weight is 363 g/mol. The molecule has 0 bridgehead atoms. The van der Waals surface area contributed by atoms with Gasteiger partial charge in [0, 0.05) is 24.1 Å². The van der Waals surface area contributed by atoms with Gasteiger partial charge in [0.25, 0.3) is 11.5 Å². The van der Waals surface area contributed by atoms with Gasteiger partial charge in [-0.05, 0) is 56.4 Å². The van der Waals surface area contributed by atoms with E-state index in [-0.39, 0.29) is 17.2 Å². The molecule has 2 aromatic heterocycles. The van der Waals surface area contributed by atoms with Gasteiger partial charge in [-0.2, -0.15) is 0 Å². The Morgan fingerprint density at radius 2 is 2.04 bits per heavy atom. The molecule has 3 aromatic rings. The van der Waals surface area contributed by atoms with Crippen LogP contribution in [0.15, 0.2) is 53.6 Å². The highest BCUT2D eigenvalue weighted by Crippen LogP contribution is 2.25. The van der Waals surface area contributed by atoms with Crippen LogP contribution in [-0.4, -0.2) is 21.4 Å². The Morgan fingerprint density at radius 1 is 1.22 bits per heavy atom. The van der Waals surface area contributed by atoms with Crippen molar-refractivity contribution in [3.63, 3.8) is 0 Å². The first kappa shape index (κ1) is 17.3. The minimum absolute atomic E-state index is 0.000198. The highest BCUT2D eigenvalue weighted by molar-refractivity contribution is 6.04. The van der Waals surface area contributed by atoms with Gasteiger partial charge in [-0.15, -0.1) is 0 Å². The number of fused-ring (bicyclic) bond motifs is 1. The maximum Gasteiger partial charge on any atom is 0.270 e. The predicted molar refractivity (Wildman–Crippen MR) is 103 cm³/mol. The van der Waals surface area contributed by atoms with Crippen molar-refractivity contribution in [1.29, 1.82) is 0 Å². The predicted octanol–water partition coefficient (Wildman–Crippen LogP) is 3.58. The van der Waals surface area contributed by atoms with Crippen LogP contribution in [0.2, 0.25) is 0 Å². The van der Waals surface area contributed by atoms with Crippen LogP contribution < -0.4 is 15.6 Å². The second-order valence-electron chi connectivity index (χ2n) is 6.92. The van der Waals surface area contributed by atoms with Crippen molar-refractivity contribution >= 4 is 17.2 Å². The second kappa shape index (κ2) is 7.23. The van der Waals surface area contributed by atoms with Crippen molar-refractivity contribution in [2.24, 2.45) is 0 Å². The number of amides is 1. The van der Waals surface area contributed by atoms with Crippen LogP contribution in [0.5, 0.6) is 5.75 Å². The molecule has 27 heavy (non-hydrogen) atoms. The Morgan fingerprint density at radius 3 is 2.85 bits per heavy atom. The van der Waals surface area contributed by atoms with E-state index < -0.39 is 5.91 Å². The number of nitrogens with one attached hydrogen (secondary N) is 1. The molecule has 6 heteroatoms. The molecule has 0 radical (unpaired) electrons. The smallest absolute Gasteiger partial charge is 0.270 e. The minimum atomic E-state index is -0.485. The van der Waals surface area contributed by atoms with Gasteiger partial charge < -0.3 is 10.1 Å². The lowest BCUT2D eigenvalue weighted by Gasteiger charge is -2.14. The van der Waals surface area contributed by atoms with E-state index in [1.807, 2.05) is 25.1 Å². The van der Waals surface area contributed by atoms with Gasteiger partial charge in [0.1, 0.15) is 17.0 Å². The first-order valence-corrected chi connectivity index (χ1v) is 9.16. The van der Waals surface area contributed by atoms with Crippen LogP contribution in [-0.2, 0) is 0 Å². The largest absolute Gasteiger partial charge is 0.490 e. The number of aryl methyl sites for hydroxylation is 1. The number of nitrogens with zero attached hydrogens (tertiary/aromatic N) is 2. The summed E-state index contributed by atoms with van der Waals surface area (Å²) in [5.41, 5.74) is 1.62. The van der Waals surface area contributed by atoms with Crippen LogP contribution in [0.25, 0.3) is 5.65 Å². The lowest BCUT2D eigenvalue weighted by molar-refractivity contribution is 0.102. The van der Waals surface area contributed by atoms with Crippen LogP contribution in [0.1, 0.15) is 41.6 Å². The summed E-state index contributed by atoms with van der Waals surface area (Å²) in [4.78, 5) is 29.5. The van der Waals surface area contributed by atoms with E-state index in [4.69, 9.17) is 4.74 Å². The Kier molecular flexibility index (Phi) is 4.62. The molecule has 1 amide bonds. The number of ether oxygens (including phenoxy) is 1. The standard InChI is InChI=1S/C21H21N3O3/c1-14-9-10-19-22-12-18(21(26)24(19)13-14)20(25)23-15-5-4-8-17(11-15)27-16-6-2-3-7-16/h4-5,8-13,16H,2-3,6-7H2,1H3,(H,23,25). The summed E-state index contributed by atoms with van der Waals surface area (Å²) in [7, 11) is 0. The molecule has 1 aliphatic rings. The number of benzene rings is 1. The van der Waals surface area contributed by atoms with Crippen molar-refractivity contribution in [1.82, 2.24) is 9.38 Å². The minimum Gasteiger partial charge on any atom is -0.490 e. The number of hydrogen-bond acceptors (Lipinski definition) is 4. The fourth-order valence-electron chi connectivity index (χ4n) is 3.38. The molecule has 0 saturated heterocycles. The second-order valence-corrected chi connectivity index (χ2v) is 6.92. The van der Waals surface area contributed by atoms with Crippen LogP contribution >= 0.6 is 0 Å². The maximum absolute atomic E-state index is 12.6. The van der Waals surface area contributed by atoms with Crippen LogP contribution in [0.3, 0.4) is 0 Å². The van der Waals surface area contributed by atoms with Crippen molar-refractivity contribution in [2.75, 3.05) is 5.32 Å². The van der Waals surface area contributed by atoms with Gasteiger partial charge in [0.2, 0.25) is 0 Å². The summed E-state index contributed by atoms with van der Waals surface area (Å²) in [5.74, 6) is 0.241. The van der Waals surface area contributed by atoms with Gasteiger partial charge in [0.05, 0.1) is 6.10 Å². The monoisotopic (exact) mass is 363 g/mol. The summed E-state index contributed by atoms with van der Waals surface area (Å²) < 4.78 is 7.36. The molecule has 0 spiro atoms. The van der Waals surface area contributed by atoms with Crippen LogP contribution in [0, 0.1) is 6.92 Å². The SMILES string of the molecule is Cc1ccc2ncc(C(=O)Nc3cccc(OC4CCCC4)c3)c(=O)n2c1. The highest BCUT2D eigenvalue weighted by atomic mass is 16.5. The zero-order valence-corrected chi connectivity index (χ0v) is 15.1. The molecular formula is C21H21N3O3. The Labute approximate surface area is 156 Å². The van der Waals surface area contributed by atoms with Crippen molar-refractivity contribution in [3.8, 4) is 5.75 Å². The van der Waals surface area contributed by atoms with E-state index in [2.05, 4.69) is 10.3 Å². The fraction of sp³-hybridized carbons (Fsp3) is 0.286. The summed E-state index contributed by atoms with van der Waals surface area (Å²) in [5, 5.41) is 2.77. The lowest BCUT2D eigenvalue weighted by Crippen LogP contribution is -2.26. The molecule has 1 N–H and O–H groups in total. The van der Waals surface area contributed by atoms with E-state index in [0.717, 1.165) is 24.2 Å². The normalized spacial score (nSPS) is 14.4. The van der Waals surface area contributed by atoms with Gasteiger partial charge in [-0.3, -0.25) is 14.0 Å². The quantitative estimate of drug-likeness (QED) is 0.769. The molecule has 0 atom stereocenters. The highest BCUT2D eigenvalue weighted by Gasteiger charge is 2.17. The summed E-state index contributed by atoms with van der Waals surface area (Å²) >= 11 is 0. The van der Waals surface area contributed by atoms with E-state index in [1.54, 1.807) is 24.4 Å². The molecule has 1 aromatic carbocycles. The number of rotatable bonds is 4. The number of carbonyl (C=O) groups is 1. The van der Waals surface area contributed by atoms with Gasteiger partial charge in [-0.1, -0.05) is 12.1 Å². The topological polar surface area (TPSA) is 72.7 Å². The first-order chi connectivity index (χ1) is 13.1. The van der Waals surface area contributed by atoms with Crippen molar-refractivity contribution < 1.29 is 9.53 Å². The molecule has 4 rings (SSSR count). The summed E-state index contributed by atoms with van der Waals surface area (Å²) in [6, 6.07) is 10.9. The summed E-state index contributed by atoms with van der Waals surface area (Å²) in [6.07, 6.45) is 7.76. The number of pyridine rings is 1. The van der Waals surface area contributed by atoms with Gasteiger partial charge >= 0.3 is 0 Å². The zero-order valence-electron chi connectivity index (χ0n) is 15.1. The third-order valence-corrected chi connectivity index (χ3v) is 4.79. The molecule has 6 nitrogen and oxygen atoms in total. The molecular weight excluding hydrogens is 342 g/mol. The molecule has 2 heterocycles. The van der Waals surface area contributed by atoms with E-state index in [0.29, 0.717) is 11.3 Å². The molecule has 1 aliphatic carbocycles. The molecule has 138 valence electrons. The van der Waals surface area contributed by atoms with E-state index in [1.165, 1.54) is 23.4 Å². The van der Waals surface area contributed by atoms with Gasteiger partial charge in [-0.25, -0.2) is 4.98 Å². The van der Waals surface area contributed by atoms with Gasteiger partial charge in [0.15, 0.2) is 0 Å². The fourth-order valence-corrected chi connectivity index (χ4v) is 3.38. The molecule has 1 saturated carbocycles. The number of aromatic nitrogens is 2. The third kappa shape index (κ3) is 3.69. The number of carbonyl (C=O) groups excluding carboxylic acids is 1. The molecule has 0 aliphatic heterocycles. The molecule has 0 unspecified atom stereocenters. The maximum atomic E-state index is 12.6. The molecule has 1 fully saturated rings. The lowest BCUT2D eigenvalue weighted by atomic mass is 10.2. The Balaban J connectivity index is 1.56. The Bertz CT molecular complexity index is 1050.